The largest absolute Gasteiger partial charge is 0.375 e. The van der Waals surface area contributed by atoms with Gasteiger partial charge in [-0.05, 0) is 35.9 Å². The summed E-state index contributed by atoms with van der Waals surface area (Å²) >= 11 is 6.13. The zero-order valence-corrected chi connectivity index (χ0v) is 13.4. The molecule has 122 valence electrons. The lowest BCUT2D eigenvalue weighted by molar-refractivity contribution is 0.186. The minimum atomic E-state index is -0.988. The van der Waals surface area contributed by atoms with Crippen LogP contribution in [-0.4, -0.2) is 15.1 Å². The van der Waals surface area contributed by atoms with E-state index in [0.29, 0.717) is 22.4 Å². The first-order valence-electron chi connectivity index (χ1n) is 7.27. The maximum Gasteiger partial charge on any atom is 0.229 e. The van der Waals surface area contributed by atoms with Gasteiger partial charge in [0.05, 0.1) is 10.7 Å². The minimum Gasteiger partial charge on any atom is -0.375 e. The summed E-state index contributed by atoms with van der Waals surface area (Å²) in [4.78, 5) is 8.58. The van der Waals surface area contributed by atoms with Gasteiger partial charge in [-0.3, -0.25) is 0 Å². The molecule has 0 fully saturated rings. The van der Waals surface area contributed by atoms with E-state index in [-0.39, 0.29) is 0 Å². The van der Waals surface area contributed by atoms with Crippen LogP contribution in [0.3, 0.4) is 0 Å². The van der Waals surface area contributed by atoms with Crippen molar-refractivity contribution in [3.63, 3.8) is 0 Å². The molecule has 1 unspecified atom stereocenters. The van der Waals surface area contributed by atoms with Gasteiger partial charge in [-0.15, -0.1) is 0 Å². The van der Waals surface area contributed by atoms with Crippen LogP contribution < -0.4 is 16.4 Å². The third kappa shape index (κ3) is 3.99. The summed E-state index contributed by atoms with van der Waals surface area (Å²) in [6, 6.07) is 16.2. The molecule has 0 radical (unpaired) electrons. The fourth-order valence-electron chi connectivity index (χ4n) is 2.08. The Bertz CT molecular complexity index is 823. The third-order valence-electron chi connectivity index (χ3n) is 3.30. The Morgan fingerprint density at radius 1 is 1.00 bits per heavy atom. The van der Waals surface area contributed by atoms with E-state index in [0.717, 1.165) is 11.4 Å². The number of benzene rings is 2. The van der Waals surface area contributed by atoms with Crippen molar-refractivity contribution in [2.24, 2.45) is 5.73 Å². The number of nitrogens with one attached hydrogen (secondary N) is 2. The number of hydrogen-bond acceptors (Lipinski definition) is 6. The number of halogens is 1. The molecule has 0 bridgehead atoms. The summed E-state index contributed by atoms with van der Waals surface area (Å²) in [6.45, 7) is 0. The summed E-state index contributed by atoms with van der Waals surface area (Å²) in [6.07, 6.45) is 0.658. The van der Waals surface area contributed by atoms with Gasteiger partial charge in [-0.2, -0.15) is 4.98 Å². The number of anilines is 4. The predicted molar refractivity (Wildman–Crippen MR) is 95.6 cm³/mol. The highest BCUT2D eigenvalue weighted by atomic mass is 35.5. The first-order chi connectivity index (χ1) is 11.6. The van der Waals surface area contributed by atoms with Crippen molar-refractivity contribution in [1.29, 1.82) is 0 Å². The average Bonchev–Trinajstić information content (AvgIpc) is 2.58. The number of nitrogens with zero attached hydrogens (tertiary/aromatic N) is 2. The van der Waals surface area contributed by atoms with Crippen LogP contribution in [-0.2, 0) is 0 Å². The van der Waals surface area contributed by atoms with Crippen LogP contribution in [0.15, 0.2) is 60.8 Å². The lowest BCUT2D eigenvalue weighted by Crippen LogP contribution is -2.08. The van der Waals surface area contributed by atoms with E-state index >= 15 is 0 Å². The molecule has 1 heterocycles. The molecule has 0 aliphatic heterocycles. The maximum absolute atomic E-state index is 9.32. The second-order valence-corrected chi connectivity index (χ2v) is 5.47. The number of rotatable bonds is 5. The molecule has 24 heavy (non-hydrogen) atoms. The fourth-order valence-corrected chi connectivity index (χ4v) is 2.26. The molecule has 7 heteroatoms. The van der Waals surface area contributed by atoms with Gasteiger partial charge in [0.2, 0.25) is 5.95 Å². The molecule has 1 aromatic heterocycles. The van der Waals surface area contributed by atoms with Crippen LogP contribution in [0.2, 0.25) is 5.02 Å². The molecule has 5 N–H and O–H groups in total. The van der Waals surface area contributed by atoms with E-state index in [1.807, 2.05) is 18.2 Å². The van der Waals surface area contributed by atoms with Gasteiger partial charge in [0.15, 0.2) is 0 Å². The first-order valence-corrected chi connectivity index (χ1v) is 7.65. The topological polar surface area (TPSA) is 96.1 Å². The number of hydrogen-bond donors (Lipinski definition) is 4. The van der Waals surface area contributed by atoms with E-state index in [1.54, 1.807) is 42.6 Å². The molecule has 0 aliphatic rings. The van der Waals surface area contributed by atoms with Gasteiger partial charge < -0.3 is 21.5 Å². The van der Waals surface area contributed by atoms with E-state index in [1.165, 1.54) is 0 Å². The highest BCUT2D eigenvalue weighted by Crippen LogP contribution is 2.24. The van der Waals surface area contributed by atoms with Crippen molar-refractivity contribution in [2.75, 3.05) is 10.6 Å². The van der Waals surface area contributed by atoms with Gasteiger partial charge in [-0.1, -0.05) is 35.9 Å². The van der Waals surface area contributed by atoms with Crippen LogP contribution >= 0.6 is 11.6 Å². The van der Waals surface area contributed by atoms with Crippen LogP contribution in [0.4, 0.5) is 23.1 Å². The van der Waals surface area contributed by atoms with Crippen molar-refractivity contribution < 1.29 is 5.11 Å². The number of aliphatic hydroxyl groups excluding tert-OH is 1. The number of nitrogens with two attached hydrogens (primary N) is 1. The monoisotopic (exact) mass is 341 g/mol. The Hall–Kier alpha value is -2.67. The van der Waals surface area contributed by atoms with Gasteiger partial charge in [-0.25, -0.2) is 4.98 Å². The van der Waals surface area contributed by atoms with Crippen molar-refractivity contribution in [3.8, 4) is 0 Å². The number of aliphatic hydroxyl groups is 1. The molecule has 0 aliphatic carbocycles. The van der Waals surface area contributed by atoms with Crippen molar-refractivity contribution in [1.82, 2.24) is 9.97 Å². The van der Waals surface area contributed by atoms with E-state index in [2.05, 4.69) is 20.6 Å². The van der Waals surface area contributed by atoms with Crippen LogP contribution in [0.1, 0.15) is 11.8 Å². The van der Waals surface area contributed by atoms with Gasteiger partial charge in [0.1, 0.15) is 12.0 Å². The quantitative estimate of drug-likeness (QED) is 0.530. The standard InChI is InChI=1S/C17H16ClN5O/c18-13-3-1-2-4-14(13)22-15-9-10-20-17(23-15)21-12-7-5-11(6-8-12)16(19)24/h1-10,16,24H,19H2,(H2,20,21,22,23). The van der Waals surface area contributed by atoms with E-state index in [9.17, 15) is 5.11 Å². The molecule has 3 aromatic rings. The zero-order valence-electron chi connectivity index (χ0n) is 12.6. The molecular formula is C17H16ClN5O. The molecule has 0 saturated carbocycles. The van der Waals surface area contributed by atoms with Crippen molar-refractivity contribution in [2.45, 2.75) is 6.23 Å². The molecule has 0 saturated heterocycles. The Morgan fingerprint density at radius 3 is 2.46 bits per heavy atom. The second-order valence-electron chi connectivity index (χ2n) is 5.06. The smallest absolute Gasteiger partial charge is 0.229 e. The maximum atomic E-state index is 9.32. The lowest BCUT2D eigenvalue weighted by atomic mass is 10.2. The van der Waals surface area contributed by atoms with Crippen molar-refractivity contribution in [3.05, 3.63) is 71.4 Å². The zero-order chi connectivity index (χ0) is 16.9. The Morgan fingerprint density at radius 2 is 1.75 bits per heavy atom. The number of aromatic nitrogens is 2. The number of para-hydroxylation sites is 1. The van der Waals surface area contributed by atoms with Gasteiger partial charge in [0.25, 0.3) is 0 Å². The summed E-state index contributed by atoms with van der Waals surface area (Å²) < 4.78 is 0. The molecule has 0 amide bonds. The normalized spacial score (nSPS) is 11.8. The highest BCUT2D eigenvalue weighted by molar-refractivity contribution is 6.33. The molecule has 0 spiro atoms. The Balaban J connectivity index is 1.74. The minimum absolute atomic E-state index is 0.438. The molecule has 3 rings (SSSR count). The van der Waals surface area contributed by atoms with Gasteiger partial charge in [0, 0.05) is 11.9 Å². The summed E-state index contributed by atoms with van der Waals surface area (Å²) in [7, 11) is 0. The fraction of sp³-hybridized carbons (Fsp3) is 0.0588. The van der Waals surface area contributed by atoms with E-state index < -0.39 is 6.23 Å². The Kier molecular flexibility index (Phi) is 4.90. The second kappa shape index (κ2) is 7.27. The van der Waals surface area contributed by atoms with Crippen LogP contribution in [0.25, 0.3) is 0 Å². The van der Waals surface area contributed by atoms with Gasteiger partial charge >= 0.3 is 0 Å². The molecule has 1 atom stereocenters. The summed E-state index contributed by atoms with van der Waals surface area (Å²) in [5, 5.41) is 16.2. The van der Waals surface area contributed by atoms with Crippen LogP contribution in [0.5, 0.6) is 0 Å². The molecule has 6 nitrogen and oxygen atoms in total. The van der Waals surface area contributed by atoms with Crippen molar-refractivity contribution >= 4 is 34.7 Å². The summed E-state index contributed by atoms with van der Waals surface area (Å²) in [5.74, 6) is 1.06. The average molecular weight is 342 g/mol. The highest BCUT2D eigenvalue weighted by Gasteiger charge is 2.04. The SMILES string of the molecule is NC(O)c1ccc(Nc2nccc(Nc3ccccc3Cl)n2)cc1. The third-order valence-corrected chi connectivity index (χ3v) is 3.63. The lowest BCUT2D eigenvalue weighted by Gasteiger charge is -2.10. The first kappa shape index (κ1) is 16.2. The molecule has 2 aromatic carbocycles. The Labute approximate surface area is 144 Å². The predicted octanol–water partition coefficient (Wildman–Crippen LogP) is 3.57. The molecular weight excluding hydrogens is 326 g/mol. The van der Waals surface area contributed by atoms with E-state index in [4.69, 9.17) is 17.3 Å². The van der Waals surface area contributed by atoms with Crippen LogP contribution in [0, 0.1) is 0 Å². The summed E-state index contributed by atoms with van der Waals surface area (Å²) in [5.41, 5.74) is 7.60.